The molecule has 1 aromatic rings. The lowest BCUT2D eigenvalue weighted by Crippen LogP contribution is -2.26. The van der Waals surface area contributed by atoms with Gasteiger partial charge in [-0.3, -0.25) is 0 Å². The summed E-state index contributed by atoms with van der Waals surface area (Å²) in [7, 11) is 1.72. The van der Waals surface area contributed by atoms with E-state index in [1.165, 1.54) is 12.0 Å². The minimum Gasteiger partial charge on any atom is -0.496 e. The molecule has 1 N–H and O–H groups in total. The van der Waals surface area contributed by atoms with E-state index in [9.17, 15) is 0 Å². The molecule has 0 spiro atoms. The summed E-state index contributed by atoms with van der Waals surface area (Å²) in [6.45, 7) is 7.87. The zero-order valence-corrected chi connectivity index (χ0v) is 13.1. The fraction of sp³-hybridized carbons (Fsp3) is 0.625. The van der Waals surface area contributed by atoms with Gasteiger partial charge in [0.1, 0.15) is 5.75 Å². The summed E-state index contributed by atoms with van der Waals surface area (Å²) in [4.78, 5) is 0. The van der Waals surface area contributed by atoms with Crippen molar-refractivity contribution >= 4 is 11.6 Å². The fourth-order valence-corrected chi connectivity index (χ4v) is 2.97. The van der Waals surface area contributed by atoms with Gasteiger partial charge in [-0.05, 0) is 48.9 Å². The largest absolute Gasteiger partial charge is 0.496 e. The number of halogens is 1. The molecule has 2 rings (SSSR count). The maximum atomic E-state index is 6.16. The van der Waals surface area contributed by atoms with E-state index in [2.05, 4.69) is 26.1 Å². The molecule has 2 nitrogen and oxygen atoms in total. The minimum atomic E-state index is 0.337. The van der Waals surface area contributed by atoms with Crippen molar-refractivity contribution in [2.45, 2.75) is 39.7 Å². The molecular weight excluding hydrogens is 258 g/mol. The molecule has 0 bridgehead atoms. The van der Waals surface area contributed by atoms with Gasteiger partial charge in [-0.15, -0.1) is 0 Å². The smallest absolute Gasteiger partial charge is 0.123 e. The third kappa shape index (κ3) is 3.24. The van der Waals surface area contributed by atoms with Crippen LogP contribution >= 0.6 is 11.6 Å². The van der Waals surface area contributed by atoms with Gasteiger partial charge in [0.05, 0.1) is 7.11 Å². The van der Waals surface area contributed by atoms with Crippen molar-refractivity contribution < 1.29 is 4.74 Å². The normalized spacial score (nSPS) is 22.1. The van der Waals surface area contributed by atoms with Crippen LogP contribution in [0, 0.1) is 11.3 Å². The highest BCUT2D eigenvalue weighted by Gasteiger charge is 2.50. The lowest BCUT2D eigenvalue weighted by Gasteiger charge is -2.23. The van der Waals surface area contributed by atoms with Crippen molar-refractivity contribution in [3.05, 3.63) is 28.8 Å². The topological polar surface area (TPSA) is 21.3 Å². The van der Waals surface area contributed by atoms with Crippen LogP contribution in [0.15, 0.2) is 18.2 Å². The molecule has 1 aromatic carbocycles. The summed E-state index contributed by atoms with van der Waals surface area (Å²) in [5, 5.41) is 4.44. The number of methoxy groups -OCH3 is 1. The van der Waals surface area contributed by atoms with Crippen LogP contribution in [0.2, 0.25) is 5.02 Å². The van der Waals surface area contributed by atoms with Crippen LogP contribution in [-0.4, -0.2) is 13.7 Å². The zero-order chi connectivity index (χ0) is 14.0. The van der Waals surface area contributed by atoms with E-state index in [-0.39, 0.29) is 0 Å². The third-order valence-electron chi connectivity index (χ3n) is 4.13. The summed E-state index contributed by atoms with van der Waals surface area (Å²) in [5.41, 5.74) is 1.61. The van der Waals surface area contributed by atoms with Crippen molar-refractivity contribution in [3.8, 4) is 5.75 Å². The molecular formula is C16H24ClNO. The van der Waals surface area contributed by atoms with Gasteiger partial charge in [0.25, 0.3) is 0 Å². The van der Waals surface area contributed by atoms with Crippen LogP contribution in [0.1, 0.15) is 45.2 Å². The van der Waals surface area contributed by atoms with Gasteiger partial charge in [0, 0.05) is 16.6 Å². The SMILES string of the molecule is CCCNC(c1cc(Cl)ccc1OC)C1CC1(C)C. The molecule has 1 fully saturated rings. The molecule has 0 saturated heterocycles. The Morgan fingerprint density at radius 3 is 2.68 bits per heavy atom. The lowest BCUT2D eigenvalue weighted by molar-refractivity contribution is 0.374. The summed E-state index contributed by atoms with van der Waals surface area (Å²) in [6.07, 6.45) is 2.39. The third-order valence-corrected chi connectivity index (χ3v) is 4.37. The molecule has 2 unspecified atom stereocenters. The van der Waals surface area contributed by atoms with Crippen LogP contribution in [-0.2, 0) is 0 Å². The van der Waals surface area contributed by atoms with E-state index in [1.807, 2.05) is 18.2 Å². The number of ether oxygens (including phenoxy) is 1. The zero-order valence-electron chi connectivity index (χ0n) is 12.3. The molecule has 0 heterocycles. The Hall–Kier alpha value is -0.730. The first-order valence-electron chi connectivity index (χ1n) is 7.06. The second-order valence-electron chi connectivity index (χ2n) is 6.12. The Labute approximate surface area is 121 Å². The molecule has 0 radical (unpaired) electrons. The molecule has 1 aliphatic rings. The summed E-state index contributed by atoms with van der Waals surface area (Å²) in [6, 6.07) is 6.23. The maximum absolute atomic E-state index is 6.16. The number of hydrogen-bond donors (Lipinski definition) is 1. The van der Waals surface area contributed by atoms with Crippen LogP contribution in [0.4, 0.5) is 0 Å². The first-order chi connectivity index (χ1) is 8.99. The van der Waals surface area contributed by atoms with E-state index in [4.69, 9.17) is 16.3 Å². The van der Waals surface area contributed by atoms with Crippen LogP contribution in [0.3, 0.4) is 0 Å². The average Bonchev–Trinajstić information content (AvgIpc) is 2.99. The first-order valence-corrected chi connectivity index (χ1v) is 7.44. The maximum Gasteiger partial charge on any atom is 0.123 e. The summed E-state index contributed by atoms with van der Waals surface area (Å²) in [5.74, 6) is 1.59. The lowest BCUT2D eigenvalue weighted by atomic mass is 9.96. The minimum absolute atomic E-state index is 0.337. The van der Waals surface area contributed by atoms with Gasteiger partial charge in [0.2, 0.25) is 0 Å². The fourth-order valence-electron chi connectivity index (χ4n) is 2.79. The number of rotatable bonds is 6. The van der Waals surface area contributed by atoms with Crippen LogP contribution < -0.4 is 10.1 Å². The highest BCUT2D eigenvalue weighted by molar-refractivity contribution is 6.30. The van der Waals surface area contributed by atoms with Gasteiger partial charge in [-0.25, -0.2) is 0 Å². The monoisotopic (exact) mass is 281 g/mol. The highest BCUT2D eigenvalue weighted by atomic mass is 35.5. The van der Waals surface area contributed by atoms with Gasteiger partial charge in [-0.2, -0.15) is 0 Å². The molecule has 0 aromatic heterocycles. The standard InChI is InChI=1S/C16H24ClNO/c1-5-8-18-15(13-10-16(13,2)3)12-9-11(17)6-7-14(12)19-4/h6-7,9,13,15,18H,5,8,10H2,1-4H3. The molecule has 2 atom stereocenters. The van der Waals surface area contributed by atoms with Crippen molar-refractivity contribution in [2.24, 2.45) is 11.3 Å². The quantitative estimate of drug-likeness (QED) is 0.832. The second-order valence-corrected chi connectivity index (χ2v) is 6.55. The highest BCUT2D eigenvalue weighted by Crippen LogP contribution is 2.58. The first kappa shape index (κ1) is 14.7. The Morgan fingerprint density at radius 2 is 2.16 bits per heavy atom. The average molecular weight is 282 g/mol. The summed E-state index contributed by atoms with van der Waals surface area (Å²) < 4.78 is 5.51. The molecule has 1 saturated carbocycles. The van der Waals surface area contributed by atoms with Crippen molar-refractivity contribution in [1.29, 1.82) is 0 Å². The summed E-state index contributed by atoms with van der Waals surface area (Å²) >= 11 is 6.16. The van der Waals surface area contributed by atoms with E-state index in [1.54, 1.807) is 7.11 Å². The Bertz CT molecular complexity index is 444. The second kappa shape index (κ2) is 5.72. The molecule has 19 heavy (non-hydrogen) atoms. The number of benzene rings is 1. The van der Waals surface area contributed by atoms with Crippen molar-refractivity contribution in [3.63, 3.8) is 0 Å². The van der Waals surface area contributed by atoms with E-state index < -0.39 is 0 Å². The van der Waals surface area contributed by atoms with Gasteiger partial charge in [-0.1, -0.05) is 32.4 Å². The Balaban J connectivity index is 2.29. The van der Waals surface area contributed by atoms with E-state index in [0.717, 1.165) is 23.7 Å². The van der Waals surface area contributed by atoms with E-state index in [0.29, 0.717) is 17.4 Å². The molecule has 0 aliphatic heterocycles. The van der Waals surface area contributed by atoms with Gasteiger partial charge in [0.15, 0.2) is 0 Å². The van der Waals surface area contributed by atoms with Gasteiger partial charge >= 0.3 is 0 Å². The molecule has 1 aliphatic carbocycles. The van der Waals surface area contributed by atoms with Crippen molar-refractivity contribution in [2.75, 3.05) is 13.7 Å². The molecule has 106 valence electrons. The molecule has 0 amide bonds. The predicted molar refractivity (Wildman–Crippen MR) is 80.9 cm³/mol. The van der Waals surface area contributed by atoms with Crippen molar-refractivity contribution in [1.82, 2.24) is 5.32 Å². The predicted octanol–water partition coefficient (Wildman–Crippen LogP) is 4.44. The Morgan fingerprint density at radius 1 is 1.47 bits per heavy atom. The number of nitrogens with one attached hydrogen (secondary N) is 1. The number of hydrogen-bond acceptors (Lipinski definition) is 2. The Kier molecular flexibility index (Phi) is 4.42. The van der Waals surface area contributed by atoms with Crippen LogP contribution in [0.25, 0.3) is 0 Å². The molecule has 3 heteroatoms. The van der Waals surface area contributed by atoms with Gasteiger partial charge < -0.3 is 10.1 Å². The van der Waals surface area contributed by atoms with E-state index >= 15 is 0 Å². The van der Waals surface area contributed by atoms with Crippen LogP contribution in [0.5, 0.6) is 5.75 Å².